The summed E-state index contributed by atoms with van der Waals surface area (Å²) in [5.74, 6) is 0.0679. The molecule has 0 spiro atoms. The molecule has 1 N–H and O–H groups in total. The van der Waals surface area contributed by atoms with Crippen LogP contribution in [0.1, 0.15) is 64.5 Å². The Kier molecular flexibility index (Phi) is 7.73. The lowest BCUT2D eigenvalue weighted by Crippen LogP contribution is -2.31. The molecule has 0 saturated carbocycles. The predicted octanol–water partition coefficient (Wildman–Crippen LogP) is 6.91. The number of aryl methyl sites for hydroxylation is 2. The molecule has 2 heterocycles. The van der Waals surface area contributed by atoms with Gasteiger partial charge in [0.25, 0.3) is 0 Å². The van der Waals surface area contributed by atoms with Crippen molar-refractivity contribution in [2.24, 2.45) is 0 Å². The molecule has 6 nitrogen and oxygen atoms in total. The second-order valence-corrected chi connectivity index (χ2v) is 9.81. The van der Waals surface area contributed by atoms with Gasteiger partial charge in [-0.15, -0.1) is 0 Å². The average molecular weight is 545 g/mol. The number of benzene rings is 2. The van der Waals surface area contributed by atoms with Gasteiger partial charge < -0.3 is 14.7 Å². The van der Waals surface area contributed by atoms with Crippen LogP contribution in [0, 0.1) is 13.8 Å². The number of carboxylic acids is 1. The third-order valence-electron chi connectivity index (χ3n) is 6.14. The largest absolute Gasteiger partial charge is 0.487 e. The fourth-order valence-corrected chi connectivity index (χ4v) is 5.05. The molecular formula is C26H27BrClN3O3. The van der Waals surface area contributed by atoms with Crippen LogP contribution in [0.4, 0.5) is 5.95 Å². The summed E-state index contributed by atoms with van der Waals surface area (Å²) in [6.45, 7) is 4.64. The first kappa shape index (κ1) is 24.5. The van der Waals surface area contributed by atoms with E-state index >= 15 is 0 Å². The van der Waals surface area contributed by atoms with Gasteiger partial charge in [-0.25, -0.2) is 14.8 Å². The molecule has 0 unspecified atom stereocenters. The lowest BCUT2D eigenvalue weighted by atomic mass is 10.0. The molecule has 34 heavy (non-hydrogen) atoms. The van der Waals surface area contributed by atoms with Crippen LogP contribution in [0.25, 0.3) is 0 Å². The number of aromatic nitrogens is 2. The predicted molar refractivity (Wildman–Crippen MR) is 137 cm³/mol. The van der Waals surface area contributed by atoms with Gasteiger partial charge in [0.1, 0.15) is 17.9 Å². The van der Waals surface area contributed by atoms with Crippen molar-refractivity contribution < 1.29 is 14.6 Å². The Morgan fingerprint density at radius 1 is 1.21 bits per heavy atom. The zero-order chi connectivity index (χ0) is 24.2. The van der Waals surface area contributed by atoms with Crippen LogP contribution in [0.3, 0.4) is 0 Å². The van der Waals surface area contributed by atoms with Gasteiger partial charge in [-0.3, -0.25) is 0 Å². The van der Waals surface area contributed by atoms with Crippen LogP contribution in [0.2, 0.25) is 5.02 Å². The zero-order valence-corrected chi connectivity index (χ0v) is 21.6. The highest BCUT2D eigenvalue weighted by molar-refractivity contribution is 9.10. The molecule has 4 rings (SSSR count). The minimum Gasteiger partial charge on any atom is -0.487 e. The summed E-state index contributed by atoms with van der Waals surface area (Å²) in [7, 11) is 0. The second-order valence-electron chi connectivity index (χ2n) is 8.58. The van der Waals surface area contributed by atoms with E-state index in [4.69, 9.17) is 21.3 Å². The van der Waals surface area contributed by atoms with Crippen molar-refractivity contribution >= 4 is 39.4 Å². The van der Waals surface area contributed by atoms with Crippen LogP contribution in [-0.4, -0.2) is 27.6 Å². The Hall–Kier alpha value is -2.64. The highest BCUT2D eigenvalue weighted by atomic mass is 79.9. The highest BCUT2D eigenvalue weighted by Crippen LogP contribution is 2.36. The van der Waals surface area contributed by atoms with E-state index in [0.717, 1.165) is 47.8 Å². The molecule has 0 radical (unpaired) electrons. The number of carboxylic acid groups (broad SMARTS) is 1. The molecule has 1 fully saturated rings. The standard InChI is InChI=1S/C26H27BrClN3O3/c1-16-12-18(13-17(2)24(16)28)34-15-22-20(25(32)33)14-29-26(30-22)31-11-7-3-4-10-23(31)19-8-5-6-9-21(19)27/h5-6,8-9,12-14,23H,3-4,7,10-11,15H2,1-2H3,(H,32,33)/t23-/m0/s1. The van der Waals surface area contributed by atoms with Crippen LogP contribution in [-0.2, 0) is 6.61 Å². The first-order chi connectivity index (χ1) is 16.3. The molecule has 1 aliphatic rings. The van der Waals surface area contributed by atoms with Gasteiger partial charge in [-0.2, -0.15) is 0 Å². The van der Waals surface area contributed by atoms with E-state index in [2.05, 4.69) is 31.9 Å². The molecule has 1 aromatic heterocycles. The summed E-state index contributed by atoms with van der Waals surface area (Å²) in [5, 5.41) is 10.4. The Morgan fingerprint density at radius 2 is 1.94 bits per heavy atom. The highest BCUT2D eigenvalue weighted by Gasteiger charge is 2.27. The molecule has 1 atom stereocenters. The minimum absolute atomic E-state index is 0.0191. The fourth-order valence-electron chi connectivity index (χ4n) is 4.39. The van der Waals surface area contributed by atoms with Gasteiger partial charge in [-0.1, -0.05) is 58.6 Å². The summed E-state index contributed by atoms with van der Waals surface area (Å²) in [6, 6.07) is 12.0. The topological polar surface area (TPSA) is 75.5 Å². The van der Waals surface area contributed by atoms with E-state index < -0.39 is 5.97 Å². The van der Waals surface area contributed by atoms with Crippen molar-refractivity contribution in [2.75, 3.05) is 11.4 Å². The number of anilines is 1. The lowest BCUT2D eigenvalue weighted by molar-refractivity contribution is 0.0692. The Labute approximate surface area is 213 Å². The number of hydrogen-bond donors (Lipinski definition) is 1. The van der Waals surface area contributed by atoms with Gasteiger partial charge in [0.2, 0.25) is 5.95 Å². The van der Waals surface area contributed by atoms with E-state index in [1.165, 1.54) is 11.8 Å². The maximum Gasteiger partial charge on any atom is 0.339 e. The first-order valence-corrected chi connectivity index (χ1v) is 12.5. The number of ether oxygens (including phenoxy) is 1. The normalized spacial score (nSPS) is 16.2. The monoisotopic (exact) mass is 543 g/mol. The van der Waals surface area contributed by atoms with Gasteiger partial charge >= 0.3 is 5.97 Å². The quantitative estimate of drug-likeness (QED) is 0.363. The number of halogens is 2. The molecule has 2 aromatic carbocycles. The van der Waals surface area contributed by atoms with E-state index in [1.807, 2.05) is 44.2 Å². The number of rotatable bonds is 6. The summed E-state index contributed by atoms with van der Waals surface area (Å²) >= 11 is 9.96. The number of aromatic carboxylic acids is 1. The zero-order valence-electron chi connectivity index (χ0n) is 19.2. The van der Waals surface area contributed by atoms with Crippen molar-refractivity contribution in [3.8, 4) is 5.75 Å². The summed E-state index contributed by atoms with van der Waals surface area (Å²) in [6.07, 6.45) is 5.64. The molecule has 1 aliphatic heterocycles. The molecular weight excluding hydrogens is 518 g/mol. The molecule has 178 valence electrons. The Bertz CT molecular complexity index is 1180. The van der Waals surface area contributed by atoms with Crippen molar-refractivity contribution in [3.05, 3.63) is 80.0 Å². The van der Waals surface area contributed by atoms with E-state index in [1.54, 1.807) is 0 Å². The van der Waals surface area contributed by atoms with E-state index in [-0.39, 0.29) is 18.2 Å². The fraction of sp³-hybridized carbons (Fsp3) is 0.346. The van der Waals surface area contributed by atoms with Crippen LogP contribution in [0.5, 0.6) is 5.75 Å². The van der Waals surface area contributed by atoms with E-state index in [9.17, 15) is 9.90 Å². The van der Waals surface area contributed by atoms with Gasteiger partial charge in [0.15, 0.2) is 0 Å². The van der Waals surface area contributed by atoms with Crippen LogP contribution >= 0.6 is 27.5 Å². The van der Waals surface area contributed by atoms with Gasteiger partial charge in [-0.05, 0) is 61.6 Å². The van der Waals surface area contributed by atoms with Gasteiger partial charge in [0, 0.05) is 22.2 Å². The molecule has 0 aliphatic carbocycles. The van der Waals surface area contributed by atoms with Crippen molar-refractivity contribution in [1.82, 2.24) is 9.97 Å². The van der Waals surface area contributed by atoms with Crippen molar-refractivity contribution in [3.63, 3.8) is 0 Å². The third kappa shape index (κ3) is 5.36. The molecule has 0 amide bonds. The lowest BCUT2D eigenvalue weighted by Gasteiger charge is -2.31. The minimum atomic E-state index is -1.08. The molecule has 8 heteroatoms. The maximum absolute atomic E-state index is 11.9. The Balaban J connectivity index is 1.67. The van der Waals surface area contributed by atoms with Crippen molar-refractivity contribution in [2.45, 2.75) is 52.2 Å². The molecule has 0 bridgehead atoms. The summed E-state index contributed by atoms with van der Waals surface area (Å²) < 4.78 is 7.01. The number of hydrogen-bond acceptors (Lipinski definition) is 5. The number of carbonyl (C=O) groups is 1. The second kappa shape index (κ2) is 10.7. The summed E-state index contributed by atoms with van der Waals surface area (Å²) in [5.41, 5.74) is 3.37. The Morgan fingerprint density at radius 3 is 2.65 bits per heavy atom. The SMILES string of the molecule is Cc1cc(OCc2nc(N3CCCCC[C@H]3c3ccccc3Br)ncc2C(=O)O)cc(C)c1Cl. The van der Waals surface area contributed by atoms with Crippen molar-refractivity contribution in [1.29, 1.82) is 0 Å². The molecule has 3 aromatic rings. The number of nitrogens with zero attached hydrogens (tertiary/aromatic N) is 3. The maximum atomic E-state index is 11.9. The summed E-state index contributed by atoms with van der Waals surface area (Å²) in [4.78, 5) is 23.3. The van der Waals surface area contributed by atoms with E-state index in [0.29, 0.717) is 22.4 Å². The first-order valence-electron chi connectivity index (χ1n) is 11.3. The third-order valence-corrected chi connectivity index (χ3v) is 7.46. The van der Waals surface area contributed by atoms with Gasteiger partial charge in [0.05, 0.1) is 11.7 Å². The molecule has 1 saturated heterocycles. The average Bonchev–Trinajstić information content (AvgIpc) is 3.07. The van der Waals surface area contributed by atoms with Crippen LogP contribution < -0.4 is 9.64 Å². The van der Waals surface area contributed by atoms with Crippen LogP contribution in [0.15, 0.2) is 47.1 Å². The smallest absolute Gasteiger partial charge is 0.339 e.